The standard InChI is InChI=1S/C18H19N7S/c1-2-24-9-8-13-14(11-24)26-17-15(13)16(20-18-21-22-23-25(17)18)19-10-12-6-4-3-5-7-12/h3-7H,2,8-11H2,1H3,(H,19,20,21,23)/p+1. The molecule has 1 aliphatic heterocycles. The molecular weight excluding hydrogens is 346 g/mol. The van der Waals surface area contributed by atoms with Crippen molar-refractivity contribution in [3.8, 4) is 0 Å². The van der Waals surface area contributed by atoms with Crippen molar-refractivity contribution in [2.45, 2.75) is 26.4 Å². The van der Waals surface area contributed by atoms with Crippen LogP contribution in [0.5, 0.6) is 0 Å². The number of likely N-dealkylation sites (N-methyl/N-ethyl adjacent to an activating group) is 1. The number of anilines is 1. The highest BCUT2D eigenvalue weighted by Crippen LogP contribution is 2.36. The maximum Gasteiger partial charge on any atom is 0.276 e. The average molecular weight is 366 g/mol. The van der Waals surface area contributed by atoms with Gasteiger partial charge in [-0.05, 0) is 28.5 Å². The summed E-state index contributed by atoms with van der Waals surface area (Å²) in [6.45, 7) is 6.39. The van der Waals surface area contributed by atoms with Crippen LogP contribution in [0.1, 0.15) is 22.9 Å². The number of fused-ring (bicyclic) bond motifs is 5. The van der Waals surface area contributed by atoms with Gasteiger partial charge in [0, 0.05) is 13.0 Å². The van der Waals surface area contributed by atoms with E-state index in [9.17, 15) is 0 Å². The van der Waals surface area contributed by atoms with Gasteiger partial charge in [0.25, 0.3) is 5.78 Å². The van der Waals surface area contributed by atoms with E-state index in [2.05, 4.69) is 52.0 Å². The predicted molar refractivity (Wildman–Crippen MR) is 102 cm³/mol. The summed E-state index contributed by atoms with van der Waals surface area (Å²) in [7, 11) is 0. The van der Waals surface area contributed by atoms with Gasteiger partial charge in [-0.3, -0.25) is 0 Å². The molecule has 5 rings (SSSR count). The highest BCUT2D eigenvalue weighted by molar-refractivity contribution is 7.19. The van der Waals surface area contributed by atoms with Crippen molar-refractivity contribution in [2.24, 2.45) is 0 Å². The number of hydrogen-bond donors (Lipinski definition) is 2. The molecule has 0 saturated carbocycles. The fraction of sp³-hybridized carbons (Fsp3) is 0.333. The molecule has 4 aromatic rings. The second kappa shape index (κ2) is 6.30. The van der Waals surface area contributed by atoms with Crippen LogP contribution in [0, 0.1) is 0 Å². The molecular formula is C18H20N7S+. The Hall–Kier alpha value is -2.58. The number of benzene rings is 1. The minimum Gasteiger partial charge on any atom is -0.365 e. The van der Waals surface area contributed by atoms with E-state index < -0.39 is 0 Å². The number of tetrazole rings is 1. The minimum atomic E-state index is 0.548. The Morgan fingerprint density at radius 2 is 2.15 bits per heavy atom. The monoisotopic (exact) mass is 366 g/mol. The van der Waals surface area contributed by atoms with E-state index in [4.69, 9.17) is 4.98 Å². The first kappa shape index (κ1) is 15.7. The molecule has 8 heteroatoms. The van der Waals surface area contributed by atoms with Crippen molar-refractivity contribution in [1.29, 1.82) is 0 Å². The smallest absolute Gasteiger partial charge is 0.276 e. The van der Waals surface area contributed by atoms with Crippen LogP contribution in [0.15, 0.2) is 30.3 Å². The van der Waals surface area contributed by atoms with Crippen molar-refractivity contribution in [3.05, 3.63) is 46.3 Å². The molecule has 0 aliphatic carbocycles. The molecule has 7 nitrogen and oxygen atoms in total. The molecule has 26 heavy (non-hydrogen) atoms. The van der Waals surface area contributed by atoms with Crippen LogP contribution in [0.4, 0.5) is 5.82 Å². The zero-order chi connectivity index (χ0) is 17.5. The molecule has 0 fully saturated rings. The summed E-state index contributed by atoms with van der Waals surface area (Å²) >= 11 is 1.81. The number of hydrogen-bond acceptors (Lipinski definition) is 6. The highest BCUT2D eigenvalue weighted by Gasteiger charge is 2.27. The Balaban J connectivity index is 1.62. The fourth-order valence-electron chi connectivity index (χ4n) is 3.67. The first-order valence-corrected chi connectivity index (χ1v) is 9.79. The Kier molecular flexibility index (Phi) is 3.79. The Morgan fingerprint density at radius 3 is 3.00 bits per heavy atom. The zero-order valence-electron chi connectivity index (χ0n) is 14.6. The van der Waals surface area contributed by atoms with Crippen LogP contribution >= 0.6 is 11.3 Å². The van der Waals surface area contributed by atoms with Gasteiger partial charge >= 0.3 is 0 Å². The van der Waals surface area contributed by atoms with Crippen molar-refractivity contribution >= 4 is 33.1 Å². The van der Waals surface area contributed by atoms with Crippen molar-refractivity contribution < 1.29 is 4.90 Å². The number of nitrogens with zero attached hydrogens (tertiary/aromatic N) is 5. The molecule has 0 amide bonds. The summed E-state index contributed by atoms with van der Waals surface area (Å²) in [4.78, 5) is 8.88. The van der Waals surface area contributed by atoms with Gasteiger partial charge < -0.3 is 10.2 Å². The second-order valence-corrected chi connectivity index (χ2v) is 7.74. The molecule has 3 aromatic heterocycles. The minimum absolute atomic E-state index is 0.548. The summed E-state index contributed by atoms with van der Waals surface area (Å²) in [5, 5.41) is 16.8. The Morgan fingerprint density at radius 1 is 1.27 bits per heavy atom. The van der Waals surface area contributed by atoms with Gasteiger partial charge in [0.15, 0.2) is 0 Å². The lowest BCUT2D eigenvalue weighted by Gasteiger charge is -2.22. The third kappa shape index (κ3) is 2.53. The zero-order valence-corrected chi connectivity index (χ0v) is 15.4. The number of thiophene rings is 1. The summed E-state index contributed by atoms with van der Waals surface area (Å²) in [6.07, 6.45) is 1.08. The summed E-state index contributed by atoms with van der Waals surface area (Å²) in [6, 6.07) is 10.4. The van der Waals surface area contributed by atoms with Crippen LogP contribution in [0.25, 0.3) is 16.0 Å². The van der Waals surface area contributed by atoms with Gasteiger partial charge in [0.2, 0.25) is 0 Å². The SMILES string of the molecule is CC[NH+]1CCc2c(sc3c2c(NCc2ccccc2)nc2nnnn23)C1. The van der Waals surface area contributed by atoms with E-state index in [0.29, 0.717) is 5.78 Å². The molecule has 132 valence electrons. The van der Waals surface area contributed by atoms with Gasteiger partial charge in [0.05, 0.1) is 23.4 Å². The van der Waals surface area contributed by atoms with Gasteiger partial charge in [-0.1, -0.05) is 35.4 Å². The number of rotatable bonds is 4. The number of aromatic nitrogens is 5. The lowest BCUT2D eigenvalue weighted by molar-refractivity contribution is -0.913. The maximum absolute atomic E-state index is 4.71. The van der Waals surface area contributed by atoms with E-state index in [0.717, 1.165) is 36.7 Å². The fourth-order valence-corrected chi connectivity index (χ4v) is 5.03. The first-order chi connectivity index (χ1) is 12.8. The lowest BCUT2D eigenvalue weighted by atomic mass is 10.0. The van der Waals surface area contributed by atoms with E-state index in [-0.39, 0.29) is 0 Å². The molecule has 0 radical (unpaired) electrons. The average Bonchev–Trinajstić information content (AvgIpc) is 3.30. The Labute approximate surface area is 154 Å². The molecule has 1 atom stereocenters. The predicted octanol–water partition coefficient (Wildman–Crippen LogP) is 1.31. The number of nitrogens with one attached hydrogen (secondary N) is 2. The van der Waals surface area contributed by atoms with Gasteiger partial charge in [0.1, 0.15) is 17.2 Å². The molecule has 0 bridgehead atoms. The third-order valence-corrected chi connectivity index (χ3v) is 6.32. The van der Waals surface area contributed by atoms with Crippen LogP contribution in [-0.4, -0.2) is 38.1 Å². The molecule has 1 aromatic carbocycles. The van der Waals surface area contributed by atoms with Gasteiger partial charge in [-0.2, -0.15) is 9.50 Å². The molecule has 0 saturated heterocycles. The summed E-state index contributed by atoms with van der Waals surface area (Å²) < 4.78 is 1.78. The van der Waals surface area contributed by atoms with E-state index >= 15 is 0 Å². The molecule has 1 aliphatic rings. The normalized spacial score (nSPS) is 16.9. The summed E-state index contributed by atoms with van der Waals surface area (Å²) in [5.74, 6) is 1.44. The Bertz CT molecular complexity index is 1070. The molecule has 1 unspecified atom stereocenters. The lowest BCUT2D eigenvalue weighted by Crippen LogP contribution is -3.11. The van der Waals surface area contributed by atoms with Crippen LogP contribution < -0.4 is 10.2 Å². The van der Waals surface area contributed by atoms with Crippen LogP contribution in [0.3, 0.4) is 0 Å². The maximum atomic E-state index is 4.71. The highest BCUT2D eigenvalue weighted by atomic mass is 32.1. The van der Waals surface area contributed by atoms with Crippen LogP contribution in [0.2, 0.25) is 0 Å². The molecule has 2 N–H and O–H groups in total. The largest absolute Gasteiger partial charge is 0.365 e. The molecule has 4 heterocycles. The third-order valence-electron chi connectivity index (χ3n) is 5.11. The summed E-state index contributed by atoms with van der Waals surface area (Å²) in [5.41, 5.74) is 2.65. The van der Waals surface area contributed by atoms with Gasteiger partial charge in [-0.25, -0.2) is 0 Å². The van der Waals surface area contributed by atoms with Crippen molar-refractivity contribution in [3.63, 3.8) is 0 Å². The van der Waals surface area contributed by atoms with Gasteiger partial charge in [-0.15, -0.1) is 11.3 Å². The number of quaternary nitrogens is 1. The second-order valence-electron chi connectivity index (χ2n) is 6.65. The quantitative estimate of drug-likeness (QED) is 0.570. The van der Waals surface area contributed by atoms with E-state index in [1.54, 1.807) is 9.42 Å². The van der Waals surface area contributed by atoms with Crippen molar-refractivity contribution in [1.82, 2.24) is 25.0 Å². The van der Waals surface area contributed by atoms with Crippen LogP contribution in [-0.2, 0) is 19.5 Å². The van der Waals surface area contributed by atoms with E-state index in [1.807, 2.05) is 17.4 Å². The van der Waals surface area contributed by atoms with Crippen molar-refractivity contribution in [2.75, 3.05) is 18.4 Å². The van der Waals surface area contributed by atoms with E-state index in [1.165, 1.54) is 27.9 Å². The first-order valence-electron chi connectivity index (χ1n) is 8.97. The topological polar surface area (TPSA) is 72.4 Å². The molecule has 0 spiro atoms.